The quantitative estimate of drug-likeness (QED) is 0.463. The van der Waals surface area contributed by atoms with Crippen LogP contribution < -0.4 is 10.6 Å². The fourth-order valence-electron chi connectivity index (χ4n) is 3.26. The highest BCUT2D eigenvalue weighted by Crippen LogP contribution is 2.16. The number of carbonyl (C=O) groups is 2. The Morgan fingerprint density at radius 3 is 2.65 bits per heavy atom. The Morgan fingerprint density at radius 2 is 1.91 bits per heavy atom. The second-order valence-corrected chi connectivity index (χ2v) is 7.67. The van der Waals surface area contributed by atoms with E-state index >= 15 is 0 Å². The van der Waals surface area contributed by atoms with E-state index in [4.69, 9.17) is 4.74 Å². The topological polar surface area (TPSA) is 104 Å². The molecule has 0 aliphatic rings. The summed E-state index contributed by atoms with van der Waals surface area (Å²) < 4.78 is 32.4. The Kier molecular flexibility index (Phi) is 8.31. The zero-order valence-electron chi connectivity index (χ0n) is 18.5. The number of anilines is 1. The van der Waals surface area contributed by atoms with Crippen LogP contribution in [0, 0.1) is 18.6 Å². The molecule has 3 aromatic rings. The lowest BCUT2D eigenvalue weighted by atomic mass is 10.1. The lowest BCUT2D eigenvalue weighted by Crippen LogP contribution is -2.47. The number of likely N-dealkylation sites (N-methyl/N-ethyl adjacent to an activating group) is 1. The Hall–Kier alpha value is -3.79. The van der Waals surface area contributed by atoms with Gasteiger partial charge < -0.3 is 20.1 Å². The van der Waals surface area contributed by atoms with E-state index in [-0.39, 0.29) is 25.1 Å². The molecule has 0 saturated heterocycles. The predicted molar refractivity (Wildman–Crippen MR) is 123 cm³/mol. The van der Waals surface area contributed by atoms with Crippen LogP contribution in [0.15, 0.2) is 54.7 Å². The van der Waals surface area contributed by atoms with Gasteiger partial charge in [-0.2, -0.15) is 0 Å². The van der Waals surface area contributed by atoms with Gasteiger partial charge in [-0.15, -0.1) is 0 Å². The van der Waals surface area contributed by atoms with Crippen LogP contribution in [0.5, 0.6) is 0 Å². The number of rotatable bonds is 8. The van der Waals surface area contributed by atoms with Crippen molar-refractivity contribution in [2.45, 2.75) is 25.1 Å². The van der Waals surface area contributed by atoms with Gasteiger partial charge in [0, 0.05) is 30.7 Å². The van der Waals surface area contributed by atoms with E-state index in [9.17, 15) is 23.5 Å². The zero-order chi connectivity index (χ0) is 24.7. The highest BCUT2D eigenvalue weighted by atomic mass is 19.2. The molecule has 34 heavy (non-hydrogen) atoms. The van der Waals surface area contributed by atoms with Crippen molar-refractivity contribution >= 4 is 28.7 Å². The summed E-state index contributed by atoms with van der Waals surface area (Å²) >= 11 is 0. The molecule has 10 heteroatoms. The summed E-state index contributed by atoms with van der Waals surface area (Å²) in [5.74, 6) is -1.77. The summed E-state index contributed by atoms with van der Waals surface area (Å²) in [5.41, 5.74) is -0.0194. The Balaban J connectivity index is 1.57. The molecule has 0 aliphatic heterocycles. The molecule has 0 spiro atoms. The molecule has 1 radical (unpaired) electrons. The summed E-state index contributed by atoms with van der Waals surface area (Å²) in [7, 11) is 1.43. The van der Waals surface area contributed by atoms with Gasteiger partial charge in [-0.05, 0) is 30.9 Å². The van der Waals surface area contributed by atoms with E-state index in [1.165, 1.54) is 24.1 Å². The van der Waals surface area contributed by atoms with E-state index in [2.05, 4.69) is 22.5 Å². The van der Waals surface area contributed by atoms with E-state index in [0.717, 1.165) is 16.8 Å². The molecule has 3 N–H and O–H groups in total. The molecular formula is C24H25F2N4O4. The smallest absolute Gasteiger partial charge is 0.412 e. The first-order valence-electron chi connectivity index (χ1n) is 10.5. The number of aliphatic hydroxyl groups is 1. The Bertz CT molecular complexity index is 1160. The monoisotopic (exact) mass is 471 g/mol. The molecule has 0 bridgehead atoms. The molecule has 1 unspecified atom stereocenters. The normalized spacial score (nSPS) is 12.6. The molecule has 8 nitrogen and oxygen atoms in total. The van der Waals surface area contributed by atoms with E-state index in [1.807, 2.05) is 24.3 Å². The van der Waals surface area contributed by atoms with Crippen LogP contribution in [0.1, 0.15) is 12.0 Å². The van der Waals surface area contributed by atoms with Crippen LogP contribution in [0.2, 0.25) is 0 Å². The average molecular weight is 471 g/mol. The molecule has 0 fully saturated rings. The highest BCUT2D eigenvalue weighted by molar-refractivity contribution is 5.89. The van der Waals surface area contributed by atoms with Gasteiger partial charge in [0.05, 0.1) is 12.1 Å². The van der Waals surface area contributed by atoms with Gasteiger partial charge in [0.1, 0.15) is 12.4 Å². The maximum Gasteiger partial charge on any atom is 0.412 e. The molecule has 1 aromatic heterocycles. The average Bonchev–Trinajstić information content (AvgIpc) is 2.81. The summed E-state index contributed by atoms with van der Waals surface area (Å²) in [4.78, 5) is 30.1. The molecular weight excluding hydrogens is 446 g/mol. The standard InChI is InChI=1S/C24H25F2N4O4/c1-15(31)10-19(30(2)23(32)28-13-18-8-5-9-20(25)22(18)26)14-34-24(33)29-21-11-16-6-3-4-7-17(16)12-27-21/h3-9,11-12,15,19,31H,1,10,13-14H2,2H3,(H,28,32)(H,27,29,33)/t15?,19-/m0/s1. The van der Waals surface area contributed by atoms with Crippen molar-refractivity contribution in [3.8, 4) is 0 Å². The third kappa shape index (κ3) is 6.61. The number of urea groups is 1. The maximum atomic E-state index is 13.8. The lowest BCUT2D eigenvalue weighted by molar-refractivity contribution is 0.0913. The minimum Gasteiger partial charge on any atom is -0.447 e. The van der Waals surface area contributed by atoms with Crippen molar-refractivity contribution in [1.82, 2.24) is 15.2 Å². The number of benzene rings is 2. The summed E-state index contributed by atoms with van der Waals surface area (Å²) in [6.45, 7) is 3.00. The Labute approximate surface area is 195 Å². The van der Waals surface area contributed by atoms with E-state index in [0.29, 0.717) is 5.82 Å². The zero-order valence-corrected chi connectivity index (χ0v) is 18.5. The Morgan fingerprint density at radius 1 is 1.18 bits per heavy atom. The molecule has 1 heterocycles. The molecule has 2 aromatic carbocycles. The molecule has 179 valence electrons. The summed E-state index contributed by atoms with van der Waals surface area (Å²) in [6, 6.07) is 11.5. The van der Waals surface area contributed by atoms with Crippen molar-refractivity contribution in [3.05, 3.63) is 78.8 Å². The van der Waals surface area contributed by atoms with Crippen molar-refractivity contribution < 1.29 is 28.2 Å². The molecule has 0 aliphatic carbocycles. The van der Waals surface area contributed by atoms with Crippen molar-refractivity contribution in [2.24, 2.45) is 0 Å². The van der Waals surface area contributed by atoms with Crippen LogP contribution in [0.4, 0.5) is 24.2 Å². The first-order chi connectivity index (χ1) is 16.2. The van der Waals surface area contributed by atoms with Gasteiger partial charge in [0.2, 0.25) is 0 Å². The van der Waals surface area contributed by atoms with Crippen LogP contribution >= 0.6 is 0 Å². The number of fused-ring (bicyclic) bond motifs is 1. The fourth-order valence-corrected chi connectivity index (χ4v) is 3.26. The van der Waals surface area contributed by atoms with Crippen LogP contribution in [0.25, 0.3) is 10.8 Å². The number of aliphatic hydroxyl groups excluding tert-OH is 1. The number of nitrogens with one attached hydrogen (secondary N) is 2. The number of amides is 3. The first kappa shape index (κ1) is 24.8. The summed E-state index contributed by atoms with van der Waals surface area (Å²) in [6.07, 6.45) is -0.191. The number of halogens is 2. The second kappa shape index (κ2) is 11.4. The molecule has 3 rings (SSSR count). The third-order valence-corrected chi connectivity index (χ3v) is 5.14. The minimum atomic E-state index is -1.04. The number of hydrogen-bond donors (Lipinski definition) is 3. The van der Waals surface area contributed by atoms with Crippen molar-refractivity contribution in [3.63, 3.8) is 0 Å². The molecule has 3 amide bonds. The molecule has 0 saturated carbocycles. The number of carbonyl (C=O) groups excluding carboxylic acids is 2. The van der Waals surface area contributed by atoms with Crippen LogP contribution in [-0.2, 0) is 11.3 Å². The minimum absolute atomic E-state index is 0.0136. The largest absolute Gasteiger partial charge is 0.447 e. The van der Waals surface area contributed by atoms with Crippen molar-refractivity contribution in [2.75, 3.05) is 19.0 Å². The second-order valence-electron chi connectivity index (χ2n) is 7.67. The lowest BCUT2D eigenvalue weighted by Gasteiger charge is -2.29. The number of ether oxygens (including phenoxy) is 1. The van der Waals surface area contributed by atoms with Crippen LogP contribution in [0.3, 0.4) is 0 Å². The van der Waals surface area contributed by atoms with Gasteiger partial charge in [0.15, 0.2) is 11.6 Å². The number of hydrogen-bond acceptors (Lipinski definition) is 5. The van der Waals surface area contributed by atoms with Gasteiger partial charge in [0.25, 0.3) is 0 Å². The number of nitrogens with zero attached hydrogens (tertiary/aromatic N) is 2. The maximum absolute atomic E-state index is 13.8. The van der Waals surface area contributed by atoms with Crippen molar-refractivity contribution in [1.29, 1.82) is 0 Å². The predicted octanol–water partition coefficient (Wildman–Crippen LogP) is 3.86. The number of aromatic nitrogens is 1. The third-order valence-electron chi connectivity index (χ3n) is 5.14. The molecule has 2 atom stereocenters. The van der Waals surface area contributed by atoms with Gasteiger partial charge >= 0.3 is 12.1 Å². The fraction of sp³-hybridized carbons (Fsp3) is 0.250. The highest BCUT2D eigenvalue weighted by Gasteiger charge is 2.24. The summed E-state index contributed by atoms with van der Waals surface area (Å²) in [5, 5.41) is 16.5. The van der Waals surface area contributed by atoms with Gasteiger partial charge in [-0.1, -0.05) is 36.4 Å². The van der Waals surface area contributed by atoms with E-state index < -0.39 is 35.9 Å². The van der Waals surface area contributed by atoms with Gasteiger partial charge in [-0.3, -0.25) is 5.32 Å². The van der Waals surface area contributed by atoms with E-state index in [1.54, 1.807) is 12.3 Å². The first-order valence-corrected chi connectivity index (χ1v) is 10.5. The van der Waals surface area contributed by atoms with Gasteiger partial charge in [-0.25, -0.2) is 23.4 Å². The van der Waals surface area contributed by atoms with Crippen LogP contribution in [-0.4, -0.2) is 52.9 Å². The number of pyridine rings is 1. The SMILES string of the molecule is [CH2]C(O)C[C@@H](COC(=O)Nc1cc2ccccc2cn1)N(C)C(=O)NCc1cccc(F)c1F.